The highest BCUT2D eigenvalue weighted by Gasteiger charge is 2.35. The SMILES string of the molecule is CCc1ccc(S(=O)(=O)N2CCC(N3c4ccccc4COC3C)CC2)cc1. The van der Waals surface area contributed by atoms with E-state index >= 15 is 0 Å². The zero-order chi connectivity index (χ0) is 19.7. The smallest absolute Gasteiger partial charge is 0.243 e. The fraction of sp³-hybridized carbons (Fsp3) is 0.455. The largest absolute Gasteiger partial charge is 0.354 e. The van der Waals surface area contributed by atoms with Crippen molar-refractivity contribution in [2.75, 3.05) is 18.0 Å². The zero-order valence-electron chi connectivity index (χ0n) is 16.5. The molecule has 1 saturated heterocycles. The van der Waals surface area contributed by atoms with Crippen LogP contribution < -0.4 is 4.90 Å². The highest BCUT2D eigenvalue weighted by atomic mass is 32.2. The maximum Gasteiger partial charge on any atom is 0.243 e. The van der Waals surface area contributed by atoms with Crippen molar-refractivity contribution >= 4 is 15.7 Å². The van der Waals surface area contributed by atoms with Gasteiger partial charge in [-0.05, 0) is 49.9 Å². The Morgan fingerprint density at radius 3 is 2.39 bits per heavy atom. The molecule has 0 bridgehead atoms. The van der Waals surface area contributed by atoms with Gasteiger partial charge in [0.2, 0.25) is 10.0 Å². The number of ether oxygens (including phenoxy) is 1. The van der Waals surface area contributed by atoms with Crippen LogP contribution in [0, 0.1) is 0 Å². The van der Waals surface area contributed by atoms with Crippen molar-refractivity contribution in [2.45, 2.75) is 56.9 Å². The van der Waals surface area contributed by atoms with Crippen molar-refractivity contribution in [1.29, 1.82) is 0 Å². The molecule has 0 aromatic heterocycles. The fourth-order valence-corrected chi connectivity index (χ4v) is 5.74. The Morgan fingerprint density at radius 1 is 1.04 bits per heavy atom. The van der Waals surface area contributed by atoms with Crippen molar-refractivity contribution < 1.29 is 13.2 Å². The average molecular weight is 401 g/mol. The van der Waals surface area contributed by atoms with Crippen molar-refractivity contribution in [3.05, 3.63) is 59.7 Å². The summed E-state index contributed by atoms with van der Waals surface area (Å²) >= 11 is 0. The minimum atomic E-state index is -3.43. The van der Waals surface area contributed by atoms with Crippen LogP contribution in [0.15, 0.2) is 53.4 Å². The van der Waals surface area contributed by atoms with Gasteiger partial charge in [-0.1, -0.05) is 37.3 Å². The molecule has 0 amide bonds. The molecule has 5 nitrogen and oxygen atoms in total. The van der Waals surface area contributed by atoms with E-state index in [-0.39, 0.29) is 12.3 Å². The molecule has 4 rings (SSSR count). The van der Waals surface area contributed by atoms with E-state index in [0.717, 1.165) is 24.8 Å². The van der Waals surface area contributed by atoms with Crippen LogP contribution in [0.2, 0.25) is 0 Å². The van der Waals surface area contributed by atoms with E-state index < -0.39 is 10.0 Å². The lowest BCUT2D eigenvalue weighted by Gasteiger charge is -2.45. The number of aryl methyl sites for hydroxylation is 1. The lowest BCUT2D eigenvalue weighted by Crippen LogP contribution is -2.51. The molecule has 150 valence electrons. The predicted molar refractivity (Wildman–Crippen MR) is 111 cm³/mol. The molecule has 0 radical (unpaired) electrons. The second-order valence-corrected chi connectivity index (χ2v) is 9.52. The number of hydrogen-bond acceptors (Lipinski definition) is 4. The Kier molecular flexibility index (Phi) is 5.45. The molecule has 1 atom stereocenters. The summed E-state index contributed by atoms with van der Waals surface area (Å²) in [6, 6.07) is 15.9. The van der Waals surface area contributed by atoms with Crippen LogP contribution in [0.25, 0.3) is 0 Å². The first kappa shape index (κ1) is 19.4. The Balaban J connectivity index is 1.49. The summed E-state index contributed by atoms with van der Waals surface area (Å²) in [4.78, 5) is 2.72. The highest BCUT2D eigenvalue weighted by molar-refractivity contribution is 7.89. The number of piperidine rings is 1. The lowest BCUT2D eigenvalue weighted by atomic mass is 10.0. The van der Waals surface area contributed by atoms with Crippen LogP contribution in [-0.2, 0) is 27.8 Å². The maximum atomic E-state index is 13.0. The molecule has 2 aromatic carbocycles. The van der Waals surface area contributed by atoms with Crippen molar-refractivity contribution in [1.82, 2.24) is 4.31 Å². The van der Waals surface area contributed by atoms with Gasteiger partial charge in [-0.25, -0.2) is 8.42 Å². The second kappa shape index (κ2) is 7.85. The van der Waals surface area contributed by atoms with Gasteiger partial charge in [0.25, 0.3) is 0 Å². The van der Waals surface area contributed by atoms with Gasteiger partial charge in [0.05, 0.1) is 11.5 Å². The zero-order valence-corrected chi connectivity index (χ0v) is 17.4. The van der Waals surface area contributed by atoms with Crippen LogP contribution in [0.4, 0.5) is 5.69 Å². The Bertz CT molecular complexity index is 919. The minimum Gasteiger partial charge on any atom is -0.354 e. The van der Waals surface area contributed by atoms with Gasteiger partial charge >= 0.3 is 0 Å². The summed E-state index contributed by atoms with van der Waals surface area (Å²) in [5.74, 6) is 0. The molecule has 0 spiro atoms. The standard InChI is InChI=1S/C22H28N2O3S/c1-3-18-8-10-21(11-9-18)28(25,26)23-14-12-20(13-15-23)24-17(2)27-16-19-6-4-5-7-22(19)24/h4-11,17,20H,3,12-16H2,1-2H3. The Morgan fingerprint density at radius 2 is 1.71 bits per heavy atom. The Labute approximate surface area is 168 Å². The summed E-state index contributed by atoms with van der Waals surface area (Å²) in [6.07, 6.45) is 2.51. The van der Waals surface area contributed by atoms with Crippen LogP contribution in [-0.4, -0.2) is 38.1 Å². The minimum absolute atomic E-state index is 0.00430. The quantitative estimate of drug-likeness (QED) is 0.784. The van der Waals surface area contributed by atoms with Crippen molar-refractivity contribution in [2.24, 2.45) is 0 Å². The van der Waals surface area contributed by atoms with E-state index in [2.05, 4.69) is 36.9 Å². The van der Waals surface area contributed by atoms with Crippen LogP contribution in [0.1, 0.15) is 37.8 Å². The first-order valence-corrected chi connectivity index (χ1v) is 11.5. The summed E-state index contributed by atoms with van der Waals surface area (Å²) in [6.45, 7) is 5.85. The predicted octanol–water partition coefficient (Wildman–Crippen LogP) is 3.78. The summed E-state index contributed by atoms with van der Waals surface area (Å²) in [5, 5.41) is 0. The lowest BCUT2D eigenvalue weighted by molar-refractivity contribution is 0.0308. The number of nitrogens with zero attached hydrogens (tertiary/aromatic N) is 2. The number of sulfonamides is 1. The number of para-hydroxylation sites is 1. The number of hydrogen-bond donors (Lipinski definition) is 0. The van der Waals surface area contributed by atoms with E-state index in [4.69, 9.17) is 4.74 Å². The molecule has 1 unspecified atom stereocenters. The molecular formula is C22H28N2O3S. The molecule has 0 saturated carbocycles. The number of rotatable bonds is 4. The number of anilines is 1. The van der Waals surface area contributed by atoms with Crippen molar-refractivity contribution in [3.8, 4) is 0 Å². The summed E-state index contributed by atoms with van der Waals surface area (Å²) in [5.41, 5.74) is 3.57. The number of benzene rings is 2. The molecule has 2 aromatic rings. The molecular weight excluding hydrogens is 372 g/mol. The van der Waals surface area contributed by atoms with Crippen LogP contribution >= 0.6 is 0 Å². The van der Waals surface area contributed by atoms with Gasteiger partial charge in [0.1, 0.15) is 6.23 Å². The first-order valence-electron chi connectivity index (χ1n) is 10.1. The molecule has 2 aliphatic rings. The third kappa shape index (κ3) is 3.56. The molecule has 1 fully saturated rings. The average Bonchev–Trinajstić information content (AvgIpc) is 2.74. The van der Waals surface area contributed by atoms with E-state index in [1.807, 2.05) is 18.2 Å². The molecule has 2 heterocycles. The van der Waals surface area contributed by atoms with E-state index in [1.54, 1.807) is 16.4 Å². The molecule has 0 N–H and O–H groups in total. The first-order chi connectivity index (χ1) is 13.5. The van der Waals surface area contributed by atoms with Gasteiger partial charge in [-0.3, -0.25) is 0 Å². The van der Waals surface area contributed by atoms with Gasteiger partial charge in [-0.2, -0.15) is 4.31 Å². The van der Waals surface area contributed by atoms with Gasteiger partial charge in [0.15, 0.2) is 0 Å². The monoisotopic (exact) mass is 400 g/mol. The summed E-state index contributed by atoms with van der Waals surface area (Å²) < 4.78 is 33.6. The Hall–Kier alpha value is -1.89. The highest BCUT2D eigenvalue weighted by Crippen LogP contribution is 2.34. The third-order valence-corrected chi connectivity index (χ3v) is 7.84. The topological polar surface area (TPSA) is 49.9 Å². The second-order valence-electron chi connectivity index (χ2n) is 7.58. The van der Waals surface area contributed by atoms with E-state index in [0.29, 0.717) is 24.6 Å². The van der Waals surface area contributed by atoms with Gasteiger partial charge < -0.3 is 9.64 Å². The number of fused-ring (bicyclic) bond motifs is 1. The normalized spacial score (nSPS) is 21.5. The molecule has 6 heteroatoms. The van der Waals surface area contributed by atoms with E-state index in [9.17, 15) is 8.42 Å². The maximum absolute atomic E-state index is 13.0. The van der Waals surface area contributed by atoms with Crippen LogP contribution in [0.5, 0.6) is 0 Å². The molecule has 2 aliphatic heterocycles. The molecule has 28 heavy (non-hydrogen) atoms. The summed E-state index contributed by atoms with van der Waals surface area (Å²) in [7, 11) is -3.43. The van der Waals surface area contributed by atoms with E-state index in [1.165, 1.54) is 11.3 Å². The van der Waals surface area contributed by atoms with Crippen molar-refractivity contribution in [3.63, 3.8) is 0 Å². The van der Waals surface area contributed by atoms with Gasteiger partial charge in [0, 0.05) is 30.4 Å². The molecule has 0 aliphatic carbocycles. The van der Waals surface area contributed by atoms with Crippen LogP contribution in [0.3, 0.4) is 0 Å². The fourth-order valence-electron chi connectivity index (χ4n) is 4.27. The third-order valence-electron chi connectivity index (χ3n) is 5.93. The van der Waals surface area contributed by atoms with Gasteiger partial charge in [-0.15, -0.1) is 0 Å².